The highest BCUT2D eigenvalue weighted by molar-refractivity contribution is 5.92. The summed E-state index contributed by atoms with van der Waals surface area (Å²) in [6.07, 6.45) is 2.46. The van der Waals surface area contributed by atoms with Crippen molar-refractivity contribution in [3.05, 3.63) is 29.3 Å². The van der Waals surface area contributed by atoms with Crippen LogP contribution < -0.4 is 15.4 Å². The van der Waals surface area contributed by atoms with E-state index in [1.54, 1.807) is 19.2 Å². The predicted octanol–water partition coefficient (Wildman–Crippen LogP) is 2.99. The van der Waals surface area contributed by atoms with Crippen molar-refractivity contribution in [3.8, 4) is 5.75 Å². The Morgan fingerprint density at radius 1 is 1.28 bits per heavy atom. The maximum absolute atomic E-state index is 12.0. The number of esters is 1. The third kappa shape index (κ3) is 6.35. The molecule has 1 aliphatic heterocycles. The van der Waals surface area contributed by atoms with Gasteiger partial charge in [0.1, 0.15) is 11.3 Å². The van der Waals surface area contributed by atoms with Gasteiger partial charge in [-0.2, -0.15) is 0 Å². The van der Waals surface area contributed by atoms with Crippen LogP contribution in [0.15, 0.2) is 23.2 Å². The Balaban J connectivity index is 1.96. The maximum atomic E-state index is 12.0. The van der Waals surface area contributed by atoms with E-state index in [-0.39, 0.29) is 11.5 Å². The van der Waals surface area contributed by atoms with Crippen molar-refractivity contribution in [2.75, 3.05) is 34.4 Å². The van der Waals surface area contributed by atoms with Gasteiger partial charge in [-0.1, -0.05) is 26.8 Å². The first-order chi connectivity index (χ1) is 13.8. The van der Waals surface area contributed by atoms with Gasteiger partial charge in [0.2, 0.25) is 0 Å². The number of carbonyl (C=O) groups is 1. The predicted molar refractivity (Wildman–Crippen MR) is 114 cm³/mol. The van der Waals surface area contributed by atoms with Crippen LogP contribution in [0.5, 0.6) is 5.75 Å². The molecule has 1 heterocycles. The van der Waals surface area contributed by atoms with Crippen LogP contribution >= 0.6 is 0 Å². The van der Waals surface area contributed by atoms with Crippen molar-refractivity contribution in [2.45, 2.75) is 46.3 Å². The van der Waals surface area contributed by atoms with Crippen LogP contribution in [0.1, 0.15) is 49.5 Å². The highest BCUT2D eigenvalue weighted by Crippen LogP contribution is 2.33. The molecule has 0 aliphatic carbocycles. The fourth-order valence-electron chi connectivity index (χ4n) is 3.78. The fourth-order valence-corrected chi connectivity index (χ4v) is 3.78. The number of methoxy groups -OCH3 is 2. The van der Waals surface area contributed by atoms with Crippen LogP contribution in [0.2, 0.25) is 0 Å². The van der Waals surface area contributed by atoms with Crippen molar-refractivity contribution >= 4 is 11.9 Å². The largest absolute Gasteiger partial charge is 0.496 e. The van der Waals surface area contributed by atoms with Gasteiger partial charge in [0.15, 0.2) is 5.96 Å². The van der Waals surface area contributed by atoms with Gasteiger partial charge in [0, 0.05) is 32.7 Å². The number of hydrogen-bond donors (Lipinski definition) is 2. The Morgan fingerprint density at radius 2 is 2.03 bits per heavy atom. The molecular weight excluding hydrogens is 370 g/mol. The number of ether oxygens (including phenoxy) is 3. The maximum Gasteiger partial charge on any atom is 0.341 e. The second-order valence-electron chi connectivity index (χ2n) is 8.39. The summed E-state index contributed by atoms with van der Waals surface area (Å²) in [6, 6.07) is 5.46. The van der Waals surface area contributed by atoms with E-state index in [1.807, 2.05) is 6.07 Å². The molecule has 0 radical (unpaired) electrons. The van der Waals surface area contributed by atoms with Gasteiger partial charge in [-0.25, -0.2) is 4.79 Å². The number of nitrogens with zero attached hydrogens (tertiary/aromatic N) is 1. The van der Waals surface area contributed by atoms with E-state index in [0.717, 1.165) is 37.5 Å². The molecule has 2 N–H and O–H groups in total. The molecule has 2 atom stereocenters. The van der Waals surface area contributed by atoms with Crippen LogP contribution in [-0.2, 0) is 16.0 Å². The second kappa shape index (κ2) is 10.5. The van der Waals surface area contributed by atoms with E-state index < -0.39 is 5.97 Å². The van der Waals surface area contributed by atoms with Crippen molar-refractivity contribution in [2.24, 2.45) is 16.3 Å². The van der Waals surface area contributed by atoms with Gasteiger partial charge >= 0.3 is 5.97 Å². The Bertz CT molecular complexity index is 712. The lowest BCUT2D eigenvalue weighted by Gasteiger charge is -2.40. The van der Waals surface area contributed by atoms with E-state index in [0.29, 0.717) is 23.8 Å². The van der Waals surface area contributed by atoms with Gasteiger partial charge < -0.3 is 24.8 Å². The van der Waals surface area contributed by atoms with Crippen LogP contribution in [-0.4, -0.2) is 52.5 Å². The lowest BCUT2D eigenvalue weighted by molar-refractivity contribution is -0.0835. The summed E-state index contributed by atoms with van der Waals surface area (Å²) in [6.45, 7) is 8.85. The zero-order chi connectivity index (χ0) is 21.4. The molecule has 0 spiro atoms. The van der Waals surface area contributed by atoms with E-state index in [4.69, 9.17) is 14.2 Å². The molecule has 1 aliphatic rings. The summed E-state index contributed by atoms with van der Waals surface area (Å²) in [7, 11) is 4.64. The summed E-state index contributed by atoms with van der Waals surface area (Å²) in [4.78, 5) is 16.3. The van der Waals surface area contributed by atoms with Gasteiger partial charge in [-0.15, -0.1) is 0 Å². The molecule has 29 heavy (non-hydrogen) atoms. The van der Waals surface area contributed by atoms with E-state index in [1.165, 1.54) is 14.2 Å². The van der Waals surface area contributed by atoms with Crippen LogP contribution in [0.4, 0.5) is 0 Å². The Morgan fingerprint density at radius 3 is 2.66 bits per heavy atom. The number of guanidine groups is 1. The first-order valence-electron chi connectivity index (χ1n) is 10.1. The Labute approximate surface area is 174 Å². The minimum atomic E-state index is -0.420. The van der Waals surface area contributed by atoms with Crippen LogP contribution in [0.3, 0.4) is 0 Å². The fraction of sp³-hybridized carbons (Fsp3) is 0.636. The molecule has 0 saturated carbocycles. The van der Waals surface area contributed by atoms with Gasteiger partial charge in [0.05, 0.1) is 20.3 Å². The molecule has 2 unspecified atom stereocenters. The van der Waals surface area contributed by atoms with Gasteiger partial charge in [-0.05, 0) is 36.0 Å². The number of rotatable bonds is 6. The summed E-state index contributed by atoms with van der Waals surface area (Å²) in [5.74, 6) is 1.23. The quantitative estimate of drug-likeness (QED) is 0.430. The molecule has 2 rings (SSSR count). The monoisotopic (exact) mass is 405 g/mol. The molecular formula is C22H35N3O4. The highest BCUT2D eigenvalue weighted by atomic mass is 16.5. The zero-order valence-electron chi connectivity index (χ0n) is 18.5. The van der Waals surface area contributed by atoms with Crippen molar-refractivity contribution in [1.82, 2.24) is 10.6 Å². The average molecular weight is 406 g/mol. The molecule has 162 valence electrons. The highest BCUT2D eigenvalue weighted by Gasteiger charge is 2.35. The van der Waals surface area contributed by atoms with Gasteiger partial charge in [0.25, 0.3) is 0 Å². The third-order valence-electron chi connectivity index (χ3n) is 5.18. The molecule has 7 nitrogen and oxygen atoms in total. The van der Waals surface area contributed by atoms with Crippen molar-refractivity contribution < 1.29 is 19.0 Å². The summed E-state index contributed by atoms with van der Waals surface area (Å²) in [5.41, 5.74) is 1.45. The Kier molecular flexibility index (Phi) is 8.32. The molecule has 0 aromatic heterocycles. The van der Waals surface area contributed by atoms with E-state index >= 15 is 0 Å². The van der Waals surface area contributed by atoms with E-state index in [9.17, 15) is 4.79 Å². The molecule has 0 amide bonds. The smallest absolute Gasteiger partial charge is 0.341 e. The lowest BCUT2D eigenvalue weighted by Crippen LogP contribution is -2.47. The van der Waals surface area contributed by atoms with Crippen LogP contribution in [0.25, 0.3) is 0 Å². The SMILES string of the molecule is CN=C(NCc1ccc(OC)c(C(=O)OC)c1)NCC1CCCOC1C(C)(C)C. The van der Waals surface area contributed by atoms with Crippen LogP contribution in [0, 0.1) is 11.3 Å². The molecule has 7 heteroatoms. The van der Waals surface area contributed by atoms with Crippen molar-refractivity contribution in [3.63, 3.8) is 0 Å². The number of hydrogen-bond acceptors (Lipinski definition) is 5. The molecule has 0 bridgehead atoms. The summed E-state index contributed by atoms with van der Waals surface area (Å²) >= 11 is 0. The van der Waals surface area contributed by atoms with Gasteiger partial charge in [-0.3, -0.25) is 4.99 Å². The second-order valence-corrected chi connectivity index (χ2v) is 8.39. The number of aliphatic imine (C=N–C) groups is 1. The lowest BCUT2D eigenvalue weighted by atomic mass is 9.78. The minimum absolute atomic E-state index is 0.108. The number of nitrogens with one attached hydrogen (secondary N) is 2. The number of carbonyl (C=O) groups excluding carboxylic acids is 1. The summed E-state index contributed by atoms with van der Waals surface area (Å²) in [5, 5.41) is 6.73. The first kappa shape index (κ1) is 23.0. The molecule has 1 aromatic rings. The van der Waals surface area contributed by atoms with Crippen molar-refractivity contribution in [1.29, 1.82) is 0 Å². The minimum Gasteiger partial charge on any atom is -0.496 e. The zero-order valence-corrected chi connectivity index (χ0v) is 18.5. The standard InChI is InChI=1S/C22H35N3O4/c1-22(2,3)19-16(8-7-11-29-19)14-25-21(23-4)24-13-15-9-10-18(27-5)17(12-15)20(26)28-6/h9-10,12,16,19H,7-8,11,13-14H2,1-6H3,(H2,23,24,25). The molecule has 1 aromatic carbocycles. The number of benzene rings is 1. The average Bonchev–Trinajstić information content (AvgIpc) is 2.72. The molecule has 1 fully saturated rings. The third-order valence-corrected chi connectivity index (χ3v) is 5.18. The van der Waals surface area contributed by atoms with E-state index in [2.05, 4.69) is 36.4 Å². The summed E-state index contributed by atoms with van der Waals surface area (Å²) < 4.78 is 16.1. The Hall–Kier alpha value is -2.28. The molecule has 1 saturated heterocycles. The first-order valence-corrected chi connectivity index (χ1v) is 10.1. The topological polar surface area (TPSA) is 81.2 Å². The normalized spacial score (nSPS) is 20.1.